The first-order valence-electron chi connectivity index (χ1n) is 15.9. The molecule has 2 aromatic heterocycles. The highest BCUT2D eigenvalue weighted by molar-refractivity contribution is 6.11. The highest BCUT2D eigenvalue weighted by atomic mass is 15.0. The Balaban J connectivity index is 1.21. The van der Waals surface area contributed by atoms with E-state index in [1.54, 1.807) is 0 Å². The zero-order valence-corrected chi connectivity index (χ0v) is 25.8. The number of hydrogen-bond donors (Lipinski definition) is 0. The number of hydrogen-bond acceptors (Lipinski definition) is 2. The standard InChI is InChI=1S/C44H26N4/c45-27-31-11-9-17-33(44(31)48-41-20-7-3-14-36(41)37-15-4-8-21-42(37)48)30-25-23-29(24-26-30)32-16-10-22-43(38(32)28-46)47-39-18-5-1-12-34(39)35-13-2-6-19-40(35)47/h1-26H. The Labute approximate surface area is 277 Å². The van der Waals surface area contributed by atoms with Crippen LogP contribution in [0.25, 0.3) is 77.2 Å². The summed E-state index contributed by atoms with van der Waals surface area (Å²) in [5.74, 6) is 0. The molecule has 0 aliphatic carbocycles. The summed E-state index contributed by atoms with van der Waals surface area (Å²) in [6.45, 7) is 0. The second kappa shape index (κ2) is 10.9. The Hall–Kier alpha value is -6.88. The van der Waals surface area contributed by atoms with Crippen LogP contribution in [0.2, 0.25) is 0 Å². The minimum atomic E-state index is 0.605. The van der Waals surface area contributed by atoms with E-state index in [2.05, 4.69) is 124 Å². The quantitative estimate of drug-likeness (QED) is 0.199. The normalized spacial score (nSPS) is 11.3. The van der Waals surface area contributed by atoms with Crippen molar-refractivity contribution in [2.24, 2.45) is 0 Å². The van der Waals surface area contributed by atoms with E-state index in [9.17, 15) is 10.5 Å². The first kappa shape index (κ1) is 27.4. The molecule has 2 heterocycles. The van der Waals surface area contributed by atoms with Crippen LogP contribution in [0, 0.1) is 22.7 Å². The summed E-state index contributed by atoms with van der Waals surface area (Å²) < 4.78 is 4.42. The van der Waals surface area contributed by atoms with Crippen LogP contribution in [0.3, 0.4) is 0 Å². The third kappa shape index (κ3) is 4.01. The molecule has 0 aliphatic heterocycles. The molecule has 48 heavy (non-hydrogen) atoms. The third-order valence-corrected chi connectivity index (χ3v) is 9.44. The van der Waals surface area contributed by atoms with Crippen molar-refractivity contribution in [2.75, 3.05) is 0 Å². The second-order valence-corrected chi connectivity index (χ2v) is 11.9. The van der Waals surface area contributed by atoms with E-state index in [0.717, 1.165) is 77.2 Å². The summed E-state index contributed by atoms with van der Waals surface area (Å²) in [5, 5.41) is 25.5. The lowest BCUT2D eigenvalue weighted by Crippen LogP contribution is -2.01. The fourth-order valence-corrected chi connectivity index (χ4v) is 7.37. The lowest BCUT2D eigenvalue weighted by Gasteiger charge is -2.17. The highest BCUT2D eigenvalue weighted by Gasteiger charge is 2.20. The molecule has 0 spiro atoms. The topological polar surface area (TPSA) is 57.4 Å². The molecule has 9 rings (SSSR count). The van der Waals surface area contributed by atoms with Crippen molar-refractivity contribution in [1.29, 1.82) is 10.5 Å². The molecule has 4 nitrogen and oxygen atoms in total. The van der Waals surface area contributed by atoms with Crippen LogP contribution < -0.4 is 0 Å². The summed E-state index contributed by atoms with van der Waals surface area (Å²) in [6.07, 6.45) is 0. The average Bonchev–Trinajstić information content (AvgIpc) is 3.67. The lowest BCUT2D eigenvalue weighted by molar-refractivity contribution is 1.17. The Morgan fingerprint density at radius 3 is 1.31 bits per heavy atom. The first-order valence-corrected chi connectivity index (χ1v) is 15.9. The zero-order valence-electron chi connectivity index (χ0n) is 25.8. The van der Waals surface area contributed by atoms with Crippen LogP contribution in [0.15, 0.2) is 158 Å². The molecule has 0 saturated carbocycles. The van der Waals surface area contributed by atoms with Gasteiger partial charge in [-0.3, -0.25) is 0 Å². The number of fused-ring (bicyclic) bond motifs is 6. The third-order valence-electron chi connectivity index (χ3n) is 9.44. The number of nitrogens with zero attached hydrogens (tertiary/aromatic N) is 4. The predicted octanol–water partition coefficient (Wildman–Crippen LogP) is 11.0. The van der Waals surface area contributed by atoms with Gasteiger partial charge in [0.15, 0.2) is 0 Å². The van der Waals surface area contributed by atoms with Crippen molar-refractivity contribution in [1.82, 2.24) is 9.13 Å². The summed E-state index contributed by atoms with van der Waals surface area (Å²) in [5.41, 5.74) is 11.0. The highest BCUT2D eigenvalue weighted by Crippen LogP contribution is 2.39. The van der Waals surface area contributed by atoms with Crippen LogP contribution in [-0.4, -0.2) is 9.13 Å². The molecule has 0 amide bonds. The van der Waals surface area contributed by atoms with Gasteiger partial charge in [0.25, 0.3) is 0 Å². The lowest BCUT2D eigenvalue weighted by atomic mass is 9.95. The largest absolute Gasteiger partial charge is 0.308 e. The molecule has 0 bridgehead atoms. The second-order valence-electron chi connectivity index (χ2n) is 11.9. The van der Waals surface area contributed by atoms with Gasteiger partial charge < -0.3 is 9.13 Å². The fraction of sp³-hybridized carbons (Fsp3) is 0. The van der Waals surface area contributed by atoms with Gasteiger partial charge in [-0.1, -0.05) is 121 Å². The molecule has 0 aliphatic rings. The van der Waals surface area contributed by atoms with Crippen LogP contribution in [0.5, 0.6) is 0 Å². The number of aromatic nitrogens is 2. The molecule has 0 atom stereocenters. The Bertz CT molecular complexity index is 2690. The molecule has 0 N–H and O–H groups in total. The van der Waals surface area contributed by atoms with Gasteiger partial charge in [-0.25, -0.2) is 0 Å². The SMILES string of the molecule is N#Cc1cccc(-c2ccc(-c3cccc(-n4c5ccccc5c5ccccc54)c3C#N)cc2)c1-n1c2ccccc2c2ccccc21. The minimum absolute atomic E-state index is 0.605. The molecule has 0 saturated heterocycles. The van der Waals surface area contributed by atoms with Gasteiger partial charge in [-0.2, -0.15) is 10.5 Å². The van der Waals surface area contributed by atoms with Crippen LogP contribution in [0.1, 0.15) is 11.1 Å². The maximum Gasteiger partial charge on any atom is 0.102 e. The molecule has 0 unspecified atom stereocenters. The van der Waals surface area contributed by atoms with Crippen molar-refractivity contribution >= 4 is 43.6 Å². The first-order chi connectivity index (χ1) is 23.8. The molecule has 0 radical (unpaired) electrons. The molecule has 7 aromatic carbocycles. The number of rotatable bonds is 4. The molecule has 0 fully saturated rings. The summed E-state index contributed by atoms with van der Waals surface area (Å²) in [7, 11) is 0. The van der Waals surface area contributed by atoms with Gasteiger partial charge in [0.2, 0.25) is 0 Å². The predicted molar refractivity (Wildman–Crippen MR) is 195 cm³/mol. The van der Waals surface area contributed by atoms with E-state index < -0.39 is 0 Å². The van der Waals surface area contributed by atoms with Crippen molar-refractivity contribution in [3.05, 3.63) is 169 Å². The molecule has 9 aromatic rings. The van der Waals surface area contributed by atoms with E-state index >= 15 is 0 Å². The van der Waals surface area contributed by atoms with Crippen molar-refractivity contribution in [2.45, 2.75) is 0 Å². The summed E-state index contributed by atoms with van der Waals surface area (Å²) in [4.78, 5) is 0. The van der Waals surface area contributed by atoms with Gasteiger partial charge in [-0.05, 0) is 47.5 Å². The van der Waals surface area contributed by atoms with Crippen LogP contribution >= 0.6 is 0 Å². The maximum absolute atomic E-state index is 10.6. The van der Waals surface area contributed by atoms with E-state index in [1.807, 2.05) is 54.6 Å². The van der Waals surface area contributed by atoms with Gasteiger partial charge >= 0.3 is 0 Å². The van der Waals surface area contributed by atoms with Crippen LogP contribution in [0.4, 0.5) is 0 Å². The number of para-hydroxylation sites is 5. The number of nitriles is 2. The van der Waals surface area contributed by atoms with Gasteiger partial charge in [-0.15, -0.1) is 0 Å². The van der Waals surface area contributed by atoms with Crippen molar-refractivity contribution in [3.63, 3.8) is 0 Å². The Morgan fingerprint density at radius 2 is 0.812 bits per heavy atom. The molecular weight excluding hydrogens is 585 g/mol. The van der Waals surface area contributed by atoms with Crippen LogP contribution in [-0.2, 0) is 0 Å². The number of benzene rings is 7. The average molecular weight is 611 g/mol. The van der Waals surface area contributed by atoms with E-state index in [4.69, 9.17) is 0 Å². The van der Waals surface area contributed by atoms with Crippen molar-refractivity contribution in [3.8, 4) is 45.8 Å². The van der Waals surface area contributed by atoms with E-state index in [1.165, 1.54) is 0 Å². The monoisotopic (exact) mass is 610 g/mol. The van der Waals surface area contributed by atoms with Crippen molar-refractivity contribution < 1.29 is 0 Å². The van der Waals surface area contributed by atoms with Gasteiger partial charge in [0.05, 0.1) is 44.6 Å². The molecule has 4 heteroatoms. The van der Waals surface area contributed by atoms with Gasteiger partial charge in [0.1, 0.15) is 12.1 Å². The Kier molecular flexibility index (Phi) is 6.22. The minimum Gasteiger partial charge on any atom is -0.308 e. The Morgan fingerprint density at radius 1 is 0.375 bits per heavy atom. The zero-order chi connectivity index (χ0) is 32.2. The maximum atomic E-state index is 10.6. The van der Waals surface area contributed by atoms with E-state index in [-0.39, 0.29) is 0 Å². The summed E-state index contributed by atoms with van der Waals surface area (Å²) >= 11 is 0. The molecular formula is C44H26N4. The summed E-state index contributed by atoms with van der Waals surface area (Å²) in [6, 6.07) is 58.7. The smallest absolute Gasteiger partial charge is 0.102 e. The van der Waals surface area contributed by atoms with E-state index in [0.29, 0.717) is 11.1 Å². The molecule has 222 valence electrons. The fourth-order valence-electron chi connectivity index (χ4n) is 7.37. The van der Waals surface area contributed by atoms with Gasteiger partial charge in [0, 0.05) is 32.7 Å².